The first-order valence-electron chi connectivity index (χ1n) is 11.8. The molecule has 4 aromatic rings. The molecule has 0 spiro atoms. The molecule has 0 bridgehead atoms. The second-order valence-electron chi connectivity index (χ2n) is 9.12. The Kier molecular flexibility index (Phi) is 6.33. The molecule has 5 rings (SSSR count). The maximum Gasteiger partial charge on any atom is 0.330 e. The average Bonchev–Trinajstić information content (AvgIpc) is 2.85. The van der Waals surface area contributed by atoms with Gasteiger partial charge >= 0.3 is 5.69 Å². The molecular weight excluding hydrogens is 440 g/mol. The number of nitrogens with zero attached hydrogens (tertiary/aromatic N) is 2. The van der Waals surface area contributed by atoms with Crippen molar-refractivity contribution in [2.45, 2.75) is 20.0 Å². The van der Waals surface area contributed by atoms with Gasteiger partial charge in [0.1, 0.15) is 5.49 Å². The quantitative estimate of drug-likeness (QED) is 0.437. The van der Waals surface area contributed by atoms with E-state index in [4.69, 9.17) is 10.1 Å². The van der Waals surface area contributed by atoms with Gasteiger partial charge in [0.2, 0.25) is 0 Å². The van der Waals surface area contributed by atoms with Crippen molar-refractivity contribution in [1.82, 2.24) is 14.5 Å². The number of aryl methyl sites for hydroxylation is 1. The molecule has 0 aliphatic carbocycles. The minimum absolute atomic E-state index is 0.122. The van der Waals surface area contributed by atoms with Gasteiger partial charge < -0.3 is 10.1 Å². The molecule has 35 heavy (non-hydrogen) atoms. The predicted octanol–water partition coefficient (Wildman–Crippen LogP) is 3.06. The molecule has 1 fully saturated rings. The third-order valence-electron chi connectivity index (χ3n) is 6.46. The molecule has 1 aliphatic heterocycles. The topological polar surface area (TPSA) is 89.1 Å². The molecular formula is C28H28N4O3. The van der Waals surface area contributed by atoms with Crippen LogP contribution in [0.2, 0.25) is 0 Å². The summed E-state index contributed by atoms with van der Waals surface area (Å²) in [5.74, 6) is 0.267. The van der Waals surface area contributed by atoms with Crippen LogP contribution >= 0.6 is 0 Å². The zero-order valence-electron chi connectivity index (χ0n) is 19.7. The van der Waals surface area contributed by atoms with Crippen LogP contribution in [0.1, 0.15) is 27.0 Å². The molecule has 0 atom stereocenters. The zero-order chi connectivity index (χ0) is 24.4. The first-order valence-corrected chi connectivity index (χ1v) is 11.8. The SMILES string of the molecule is Cc1ccc(Cn2c(=O)n(Cc3ccc(C(=O)NCC4COC4)cc3)c(=N)c3ccccc32)cc1. The number of hydrogen-bond acceptors (Lipinski definition) is 4. The van der Waals surface area contributed by atoms with E-state index in [2.05, 4.69) is 5.32 Å². The number of aromatic nitrogens is 2. The third kappa shape index (κ3) is 4.81. The van der Waals surface area contributed by atoms with Crippen LogP contribution in [0.3, 0.4) is 0 Å². The lowest BCUT2D eigenvalue weighted by Crippen LogP contribution is -2.40. The number of carbonyl (C=O) groups is 1. The van der Waals surface area contributed by atoms with Crippen molar-refractivity contribution in [3.63, 3.8) is 0 Å². The number of fused-ring (bicyclic) bond motifs is 1. The van der Waals surface area contributed by atoms with Crippen molar-refractivity contribution in [2.75, 3.05) is 19.8 Å². The Bertz CT molecular complexity index is 1480. The smallest absolute Gasteiger partial charge is 0.330 e. The van der Waals surface area contributed by atoms with E-state index in [1.54, 1.807) is 16.7 Å². The Labute approximate surface area is 203 Å². The second kappa shape index (κ2) is 9.72. The Balaban J connectivity index is 1.44. The molecule has 0 radical (unpaired) electrons. The molecule has 2 N–H and O–H groups in total. The molecule has 178 valence electrons. The number of hydrogen-bond donors (Lipinski definition) is 2. The lowest BCUT2D eigenvalue weighted by Gasteiger charge is -2.25. The van der Waals surface area contributed by atoms with Crippen LogP contribution in [-0.4, -0.2) is 34.8 Å². The van der Waals surface area contributed by atoms with Gasteiger partial charge in [-0.2, -0.15) is 0 Å². The summed E-state index contributed by atoms with van der Waals surface area (Å²) in [6, 6.07) is 22.9. The molecule has 0 saturated carbocycles. The van der Waals surface area contributed by atoms with Crippen molar-refractivity contribution >= 4 is 16.8 Å². The van der Waals surface area contributed by atoms with E-state index in [0.717, 1.165) is 27.6 Å². The molecule has 1 amide bonds. The maximum absolute atomic E-state index is 13.6. The van der Waals surface area contributed by atoms with Crippen molar-refractivity contribution < 1.29 is 9.53 Å². The molecule has 0 unspecified atom stereocenters. The van der Waals surface area contributed by atoms with E-state index >= 15 is 0 Å². The van der Waals surface area contributed by atoms with Gasteiger partial charge in [-0.25, -0.2) is 4.79 Å². The van der Waals surface area contributed by atoms with E-state index in [0.29, 0.717) is 37.8 Å². The zero-order valence-corrected chi connectivity index (χ0v) is 19.7. The molecule has 1 saturated heterocycles. The summed E-state index contributed by atoms with van der Waals surface area (Å²) in [5, 5.41) is 12.4. The monoisotopic (exact) mass is 468 g/mol. The summed E-state index contributed by atoms with van der Waals surface area (Å²) >= 11 is 0. The van der Waals surface area contributed by atoms with E-state index in [1.165, 1.54) is 4.57 Å². The fraction of sp³-hybridized carbons (Fsp3) is 0.250. The normalized spacial score (nSPS) is 13.5. The Morgan fingerprint density at radius 1 is 0.943 bits per heavy atom. The van der Waals surface area contributed by atoms with Crippen LogP contribution in [0.15, 0.2) is 77.6 Å². The standard InChI is InChI=1S/C28H28N4O3/c1-19-6-8-20(9-7-19)15-31-25-5-3-2-4-24(25)26(29)32(28(31)34)16-21-10-12-23(13-11-21)27(33)30-14-22-17-35-18-22/h2-13,22,29H,14-18H2,1H3,(H,30,33). The Morgan fingerprint density at radius 2 is 1.57 bits per heavy atom. The van der Waals surface area contributed by atoms with E-state index in [9.17, 15) is 9.59 Å². The molecule has 7 heteroatoms. The Hall–Kier alpha value is -3.97. The lowest BCUT2D eigenvalue weighted by molar-refractivity contribution is -0.0298. The summed E-state index contributed by atoms with van der Waals surface area (Å²) in [4.78, 5) is 26.0. The highest BCUT2D eigenvalue weighted by Crippen LogP contribution is 2.13. The summed E-state index contributed by atoms with van der Waals surface area (Å²) in [6.07, 6.45) is 0. The van der Waals surface area contributed by atoms with Gasteiger partial charge in [-0.05, 0) is 42.3 Å². The van der Waals surface area contributed by atoms with Crippen LogP contribution in [0.4, 0.5) is 0 Å². The number of ether oxygens (including phenoxy) is 1. The van der Waals surface area contributed by atoms with Crippen LogP contribution in [0.5, 0.6) is 0 Å². The third-order valence-corrected chi connectivity index (χ3v) is 6.46. The van der Waals surface area contributed by atoms with E-state index < -0.39 is 0 Å². The van der Waals surface area contributed by atoms with Crippen molar-refractivity contribution in [3.8, 4) is 0 Å². The van der Waals surface area contributed by atoms with Gasteiger partial charge in [0.05, 0.1) is 31.8 Å². The number of carbonyl (C=O) groups excluding carboxylic acids is 1. The van der Waals surface area contributed by atoms with Gasteiger partial charge in [0.25, 0.3) is 5.91 Å². The van der Waals surface area contributed by atoms with Crippen molar-refractivity contribution in [2.24, 2.45) is 5.92 Å². The number of benzene rings is 3. The summed E-state index contributed by atoms with van der Waals surface area (Å²) in [7, 11) is 0. The van der Waals surface area contributed by atoms with Gasteiger partial charge in [-0.15, -0.1) is 0 Å². The molecule has 7 nitrogen and oxygen atoms in total. The summed E-state index contributed by atoms with van der Waals surface area (Å²) in [5.41, 5.74) is 4.28. The number of rotatable bonds is 7. The fourth-order valence-corrected chi connectivity index (χ4v) is 4.26. The van der Waals surface area contributed by atoms with Gasteiger partial charge in [0, 0.05) is 23.4 Å². The lowest BCUT2D eigenvalue weighted by atomic mass is 10.1. The molecule has 2 heterocycles. The fourth-order valence-electron chi connectivity index (χ4n) is 4.26. The minimum Gasteiger partial charge on any atom is -0.381 e. The number of para-hydroxylation sites is 1. The number of amides is 1. The largest absolute Gasteiger partial charge is 0.381 e. The van der Waals surface area contributed by atoms with Gasteiger partial charge in [-0.1, -0.05) is 54.1 Å². The van der Waals surface area contributed by atoms with E-state index in [1.807, 2.05) is 67.6 Å². The van der Waals surface area contributed by atoms with Crippen LogP contribution in [-0.2, 0) is 17.8 Å². The maximum atomic E-state index is 13.6. The van der Waals surface area contributed by atoms with E-state index in [-0.39, 0.29) is 23.6 Å². The van der Waals surface area contributed by atoms with Gasteiger partial charge in [0.15, 0.2) is 0 Å². The van der Waals surface area contributed by atoms with Crippen LogP contribution < -0.4 is 16.5 Å². The predicted molar refractivity (Wildman–Crippen MR) is 135 cm³/mol. The molecule has 1 aliphatic rings. The van der Waals surface area contributed by atoms with Crippen LogP contribution in [0.25, 0.3) is 10.9 Å². The molecule has 3 aromatic carbocycles. The second-order valence-corrected chi connectivity index (χ2v) is 9.12. The highest BCUT2D eigenvalue weighted by molar-refractivity contribution is 5.94. The number of nitrogens with one attached hydrogen (secondary N) is 2. The van der Waals surface area contributed by atoms with Crippen molar-refractivity contribution in [3.05, 3.63) is 111 Å². The first-order chi connectivity index (χ1) is 17.0. The minimum atomic E-state index is -0.237. The highest BCUT2D eigenvalue weighted by atomic mass is 16.5. The Morgan fingerprint density at radius 3 is 2.23 bits per heavy atom. The highest BCUT2D eigenvalue weighted by Gasteiger charge is 2.19. The molecule has 1 aromatic heterocycles. The summed E-state index contributed by atoms with van der Waals surface area (Å²) < 4.78 is 8.36. The van der Waals surface area contributed by atoms with Crippen LogP contribution in [0, 0.1) is 18.3 Å². The average molecular weight is 469 g/mol. The van der Waals surface area contributed by atoms with Gasteiger partial charge in [-0.3, -0.25) is 19.3 Å². The first kappa shape index (κ1) is 22.8. The summed E-state index contributed by atoms with van der Waals surface area (Å²) in [6.45, 7) is 4.70. The van der Waals surface area contributed by atoms with Crippen molar-refractivity contribution in [1.29, 1.82) is 5.41 Å².